The lowest BCUT2D eigenvalue weighted by Crippen LogP contribution is -2.36. The molecule has 26 heavy (non-hydrogen) atoms. The average Bonchev–Trinajstić information content (AvgIpc) is 2.62. The van der Waals surface area contributed by atoms with E-state index in [1.165, 1.54) is 31.2 Å². The van der Waals surface area contributed by atoms with Gasteiger partial charge in [-0.15, -0.1) is 0 Å². The van der Waals surface area contributed by atoms with Crippen LogP contribution in [0, 0.1) is 6.92 Å². The van der Waals surface area contributed by atoms with Crippen LogP contribution < -0.4 is 15.5 Å². The monoisotopic (exact) mass is 417 g/mol. The number of nitrogens with zero attached hydrogens (tertiary/aromatic N) is 3. The van der Waals surface area contributed by atoms with Crippen molar-refractivity contribution in [3.8, 4) is 0 Å². The van der Waals surface area contributed by atoms with Gasteiger partial charge in [-0.1, -0.05) is 28.1 Å². The summed E-state index contributed by atoms with van der Waals surface area (Å²) in [6.07, 6.45) is 4.72. The van der Waals surface area contributed by atoms with Crippen molar-refractivity contribution in [1.82, 2.24) is 15.3 Å². The summed E-state index contributed by atoms with van der Waals surface area (Å²) in [6.45, 7) is 2.88. The first kappa shape index (κ1) is 19.1. The van der Waals surface area contributed by atoms with Crippen LogP contribution in [0.2, 0.25) is 0 Å². The lowest BCUT2D eigenvalue weighted by molar-refractivity contribution is 0.352. The minimum atomic E-state index is 0.491. The molecule has 0 aliphatic heterocycles. The van der Waals surface area contributed by atoms with Gasteiger partial charge in [0.15, 0.2) is 0 Å². The summed E-state index contributed by atoms with van der Waals surface area (Å²) in [5, 5.41) is 7.31. The molecule has 2 aromatic rings. The summed E-state index contributed by atoms with van der Waals surface area (Å²) in [5.74, 6) is 2.70. The Kier molecular flexibility index (Phi) is 6.48. The summed E-state index contributed by atoms with van der Waals surface area (Å²) in [6, 6.07) is 11.7. The highest BCUT2D eigenvalue weighted by Crippen LogP contribution is 2.23. The highest BCUT2D eigenvalue weighted by atomic mass is 79.9. The third-order valence-electron chi connectivity index (χ3n) is 4.87. The van der Waals surface area contributed by atoms with Crippen LogP contribution in [0.15, 0.2) is 34.8 Å². The predicted octanol–water partition coefficient (Wildman–Crippen LogP) is 4.13. The predicted molar refractivity (Wildman–Crippen MR) is 112 cm³/mol. The molecule has 1 aliphatic carbocycles. The Morgan fingerprint density at radius 2 is 1.69 bits per heavy atom. The number of hydrogen-bond acceptors (Lipinski definition) is 5. The molecule has 0 saturated heterocycles. The zero-order chi connectivity index (χ0) is 18.5. The molecule has 0 atom stereocenters. The summed E-state index contributed by atoms with van der Waals surface area (Å²) in [4.78, 5) is 11.0. The van der Waals surface area contributed by atoms with E-state index in [2.05, 4.69) is 60.8 Å². The Hall–Kier alpha value is -1.66. The molecule has 1 saturated carbocycles. The van der Waals surface area contributed by atoms with Gasteiger partial charge in [0.05, 0.1) is 0 Å². The van der Waals surface area contributed by atoms with Crippen molar-refractivity contribution >= 4 is 27.6 Å². The van der Waals surface area contributed by atoms with Gasteiger partial charge in [0, 0.05) is 43.3 Å². The van der Waals surface area contributed by atoms with Gasteiger partial charge in [0.2, 0.25) is 0 Å². The molecule has 1 fully saturated rings. The zero-order valence-electron chi connectivity index (χ0n) is 15.8. The number of rotatable bonds is 6. The Bertz CT molecular complexity index is 709. The number of anilines is 2. The zero-order valence-corrected chi connectivity index (χ0v) is 17.4. The normalized spacial score (nSPS) is 20.0. The lowest BCUT2D eigenvalue weighted by Gasteiger charge is -2.30. The fourth-order valence-electron chi connectivity index (χ4n) is 3.37. The van der Waals surface area contributed by atoms with Crippen LogP contribution in [0.3, 0.4) is 0 Å². The minimum absolute atomic E-state index is 0.491. The first-order chi connectivity index (χ1) is 12.5. The van der Waals surface area contributed by atoms with E-state index in [4.69, 9.17) is 0 Å². The number of hydrogen-bond donors (Lipinski definition) is 2. The molecule has 1 aromatic heterocycles. The lowest BCUT2D eigenvalue weighted by atomic mass is 9.91. The second-order valence-corrected chi connectivity index (χ2v) is 8.17. The van der Waals surface area contributed by atoms with Gasteiger partial charge in [0.25, 0.3) is 0 Å². The molecule has 1 aliphatic rings. The molecule has 0 radical (unpaired) electrons. The van der Waals surface area contributed by atoms with Crippen molar-refractivity contribution in [3.63, 3.8) is 0 Å². The van der Waals surface area contributed by atoms with E-state index < -0.39 is 0 Å². The first-order valence-corrected chi connectivity index (χ1v) is 10.1. The van der Waals surface area contributed by atoms with Crippen LogP contribution >= 0.6 is 15.9 Å². The Labute approximate surface area is 164 Å². The van der Waals surface area contributed by atoms with Gasteiger partial charge in [-0.3, -0.25) is 0 Å². The highest BCUT2D eigenvalue weighted by molar-refractivity contribution is 9.10. The molecule has 1 aromatic carbocycles. The SMILES string of the molecule is Cc1nc(NC2CCC(NCc3ccc(Br)cc3)CC2)cc(N(C)C)n1. The molecule has 5 nitrogen and oxygen atoms in total. The second kappa shape index (κ2) is 8.82. The quantitative estimate of drug-likeness (QED) is 0.739. The van der Waals surface area contributed by atoms with Gasteiger partial charge in [-0.25, -0.2) is 9.97 Å². The van der Waals surface area contributed by atoms with E-state index in [9.17, 15) is 0 Å². The van der Waals surface area contributed by atoms with Crippen LogP contribution in [0.5, 0.6) is 0 Å². The molecular formula is C20H28BrN5. The summed E-state index contributed by atoms with van der Waals surface area (Å²) >= 11 is 3.48. The smallest absolute Gasteiger partial charge is 0.133 e. The van der Waals surface area contributed by atoms with E-state index >= 15 is 0 Å². The standard InChI is InChI=1S/C20H28BrN5/c1-14-23-19(12-20(24-14)26(2)3)25-18-10-8-17(9-11-18)22-13-15-4-6-16(21)7-5-15/h4-7,12,17-18,22H,8-11,13H2,1-3H3,(H,23,24,25). The molecule has 0 spiro atoms. The van der Waals surface area contributed by atoms with E-state index in [1.54, 1.807) is 0 Å². The molecule has 6 heteroatoms. The van der Waals surface area contributed by atoms with Gasteiger partial charge in [0.1, 0.15) is 17.5 Å². The van der Waals surface area contributed by atoms with Crippen molar-refractivity contribution in [1.29, 1.82) is 0 Å². The number of nitrogens with one attached hydrogen (secondary N) is 2. The molecule has 140 valence electrons. The highest BCUT2D eigenvalue weighted by Gasteiger charge is 2.21. The van der Waals surface area contributed by atoms with E-state index in [0.717, 1.165) is 28.5 Å². The van der Waals surface area contributed by atoms with Crippen LogP contribution in [0.1, 0.15) is 37.1 Å². The maximum atomic E-state index is 4.54. The van der Waals surface area contributed by atoms with Crippen molar-refractivity contribution < 1.29 is 0 Å². The largest absolute Gasteiger partial charge is 0.367 e. The molecule has 2 N–H and O–H groups in total. The molecule has 0 bridgehead atoms. The number of halogens is 1. The van der Waals surface area contributed by atoms with Gasteiger partial charge in [-0.05, 0) is 50.3 Å². The topological polar surface area (TPSA) is 53.1 Å². The fraction of sp³-hybridized carbons (Fsp3) is 0.500. The molecule has 0 unspecified atom stereocenters. The summed E-state index contributed by atoms with van der Waals surface area (Å²) < 4.78 is 1.13. The van der Waals surface area contributed by atoms with Crippen LogP contribution in [0.4, 0.5) is 11.6 Å². The van der Waals surface area contributed by atoms with Crippen LogP contribution in [-0.4, -0.2) is 36.1 Å². The first-order valence-electron chi connectivity index (χ1n) is 9.27. The third kappa shape index (κ3) is 5.42. The number of benzene rings is 1. The molecular weight excluding hydrogens is 390 g/mol. The van der Waals surface area contributed by atoms with Crippen LogP contribution in [0.25, 0.3) is 0 Å². The minimum Gasteiger partial charge on any atom is -0.367 e. The number of aryl methyl sites for hydroxylation is 1. The van der Waals surface area contributed by atoms with Crippen molar-refractivity contribution in [2.45, 2.75) is 51.2 Å². The van der Waals surface area contributed by atoms with Gasteiger partial charge < -0.3 is 15.5 Å². The van der Waals surface area contributed by atoms with Crippen LogP contribution in [-0.2, 0) is 6.54 Å². The van der Waals surface area contributed by atoms with Crippen molar-refractivity contribution in [3.05, 3.63) is 46.2 Å². The molecule has 0 amide bonds. The Balaban J connectivity index is 1.47. The maximum absolute atomic E-state index is 4.54. The Morgan fingerprint density at radius 3 is 2.35 bits per heavy atom. The van der Waals surface area contributed by atoms with E-state index in [1.807, 2.05) is 32.0 Å². The van der Waals surface area contributed by atoms with Crippen molar-refractivity contribution in [2.24, 2.45) is 0 Å². The number of aromatic nitrogens is 2. The molecule has 3 rings (SSSR count). The van der Waals surface area contributed by atoms with Crippen molar-refractivity contribution in [2.75, 3.05) is 24.3 Å². The van der Waals surface area contributed by atoms with Gasteiger partial charge >= 0.3 is 0 Å². The average molecular weight is 418 g/mol. The second-order valence-electron chi connectivity index (χ2n) is 7.25. The Morgan fingerprint density at radius 1 is 1.04 bits per heavy atom. The van der Waals surface area contributed by atoms with E-state index in [-0.39, 0.29) is 0 Å². The summed E-state index contributed by atoms with van der Waals surface area (Å²) in [5.41, 5.74) is 1.33. The maximum Gasteiger partial charge on any atom is 0.133 e. The molecule has 1 heterocycles. The van der Waals surface area contributed by atoms with Gasteiger partial charge in [-0.2, -0.15) is 0 Å². The van der Waals surface area contributed by atoms with E-state index in [0.29, 0.717) is 12.1 Å². The summed E-state index contributed by atoms with van der Waals surface area (Å²) in [7, 11) is 4.02. The fourth-order valence-corrected chi connectivity index (χ4v) is 3.63. The third-order valence-corrected chi connectivity index (χ3v) is 5.40.